The summed E-state index contributed by atoms with van der Waals surface area (Å²) in [6.07, 6.45) is 0. The zero-order valence-corrected chi connectivity index (χ0v) is 11.2. The summed E-state index contributed by atoms with van der Waals surface area (Å²) in [7, 11) is 0. The Morgan fingerprint density at radius 2 is 2.19 bits per heavy atom. The van der Waals surface area contributed by atoms with Crippen LogP contribution in [0.4, 0.5) is 0 Å². The molecule has 16 heavy (non-hydrogen) atoms. The fraction of sp³-hybridized carbons (Fsp3) is 0.417. The summed E-state index contributed by atoms with van der Waals surface area (Å²) in [5, 5.41) is 0. The Bertz CT molecular complexity index is 366. The van der Waals surface area contributed by atoms with Gasteiger partial charge in [0.25, 0.3) is 0 Å². The minimum atomic E-state index is -0.0185. The summed E-state index contributed by atoms with van der Waals surface area (Å²) >= 11 is 3.42. The van der Waals surface area contributed by atoms with Gasteiger partial charge >= 0.3 is 0 Å². The molecule has 0 saturated heterocycles. The lowest BCUT2D eigenvalue weighted by molar-refractivity contribution is -0.132. The van der Waals surface area contributed by atoms with Crippen molar-refractivity contribution in [3.8, 4) is 0 Å². The molecular weight excluding hydrogens is 268 g/mol. The summed E-state index contributed by atoms with van der Waals surface area (Å²) in [6.45, 7) is 4.65. The molecule has 0 unspecified atom stereocenters. The van der Waals surface area contributed by atoms with Gasteiger partial charge in [0.1, 0.15) is 0 Å². The molecule has 0 spiro atoms. The Kier molecular flexibility index (Phi) is 4.96. The standard InChI is InChI=1S/C12H17BrN2O/c1-9(2)15(12(16)7-14)8-10-4-3-5-11(13)6-10/h3-6,9H,7-8,14H2,1-2H3. The van der Waals surface area contributed by atoms with Gasteiger partial charge in [-0.2, -0.15) is 0 Å². The van der Waals surface area contributed by atoms with Gasteiger partial charge in [-0.15, -0.1) is 0 Å². The van der Waals surface area contributed by atoms with Gasteiger partial charge in [-0.3, -0.25) is 4.79 Å². The molecular formula is C12H17BrN2O. The van der Waals surface area contributed by atoms with Crippen LogP contribution in [0.2, 0.25) is 0 Å². The molecule has 2 N–H and O–H groups in total. The first-order chi connectivity index (χ1) is 7.54. The first-order valence-corrected chi connectivity index (χ1v) is 6.08. The molecule has 0 aliphatic carbocycles. The van der Waals surface area contributed by atoms with Crippen LogP contribution in [0.25, 0.3) is 0 Å². The fourth-order valence-electron chi connectivity index (χ4n) is 1.51. The summed E-state index contributed by atoms with van der Waals surface area (Å²) in [6, 6.07) is 8.11. The minimum Gasteiger partial charge on any atom is -0.335 e. The summed E-state index contributed by atoms with van der Waals surface area (Å²) in [4.78, 5) is 13.4. The van der Waals surface area contributed by atoms with E-state index in [2.05, 4.69) is 15.9 Å². The number of benzene rings is 1. The lowest BCUT2D eigenvalue weighted by Crippen LogP contribution is -2.40. The monoisotopic (exact) mass is 284 g/mol. The lowest BCUT2D eigenvalue weighted by atomic mass is 10.2. The van der Waals surface area contributed by atoms with E-state index in [1.165, 1.54) is 0 Å². The first kappa shape index (κ1) is 13.2. The molecule has 0 atom stereocenters. The molecule has 0 aliphatic heterocycles. The number of hydrogen-bond donors (Lipinski definition) is 1. The second-order valence-electron chi connectivity index (χ2n) is 3.95. The number of rotatable bonds is 4. The highest BCUT2D eigenvalue weighted by Crippen LogP contribution is 2.14. The molecule has 1 amide bonds. The van der Waals surface area contributed by atoms with E-state index in [4.69, 9.17) is 5.73 Å². The smallest absolute Gasteiger partial charge is 0.236 e. The highest BCUT2D eigenvalue weighted by Gasteiger charge is 2.15. The van der Waals surface area contributed by atoms with E-state index in [1.54, 1.807) is 4.90 Å². The molecule has 0 aliphatic rings. The number of carbonyl (C=O) groups excluding carboxylic acids is 1. The summed E-state index contributed by atoms with van der Waals surface area (Å²) in [5.74, 6) is -0.0185. The molecule has 4 heteroatoms. The molecule has 1 aromatic rings. The minimum absolute atomic E-state index is 0.0185. The van der Waals surface area contributed by atoms with Crippen LogP contribution < -0.4 is 5.73 Å². The quantitative estimate of drug-likeness (QED) is 0.921. The molecule has 1 aromatic carbocycles. The third kappa shape index (κ3) is 3.61. The van der Waals surface area contributed by atoms with E-state index in [1.807, 2.05) is 38.1 Å². The Morgan fingerprint density at radius 3 is 2.69 bits per heavy atom. The number of nitrogens with zero attached hydrogens (tertiary/aromatic N) is 1. The molecule has 0 fully saturated rings. The van der Waals surface area contributed by atoms with Crippen LogP contribution in [0, 0.1) is 0 Å². The summed E-state index contributed by atoms with van der Waals surface area (Å²) in [5.41, 5.74) is 6.50. The Hall–Kier alpha value is -0.870. The molecule has 0 saturated carbocycles. The van der Waals surface area contributed by atoms with Crippen LogP contribution in [0.3, 0.4) is 0 Å². The average Bonchev–Trinajstić information content (AvgIpc) is 2.24. The van der Waals surface area contributed by atoms with Crippen molar-refractivity contribution >= 4 is 21.8 Å². The number of amides is 1. The second kappa shape index (κ2) is 6.01. The van der Waals surface area contributed by atoms with Gasteiger partial charge in [-0.25, -0.2) is 0 Å². The van der Waals surface area contributed by atoms with Gasteiger partial charge < -0.3 is 10.6 Å². The molecule has 88 valence electrons. The molecule has 0 radical (unpaired) electrons. The van der Waals surface area contributed by atoms with Gasteiger partial charge in [0.15, 0.2) is 0 Å². The number of nitrogens with two attached hydrogens (primary N) is 1. The van der Waals surface area contributed by atoms with Crippen molar-refractivity contribution in [1.29, 1.82) is 0 Å². The van der Waals surface area contributed by atoms with Crippen LogP contribution in [-0.2, 0) is 11.3 Å². The van der Waals surface area contributed by atoms with Crippen molar-refractivity contribution in [2.24, 2.45) is 5.73 Å². The Balaban J connectivity index is 2.79. The van der Waals surface area contributed by atoms with Crippen LogP contribution in [-0.4, -0.2) is 23.4 Å². The largest absolute Gasteiger partial charge is 0.335 e. The van der Waals surface area contributed by atoms with E-state index in [-0.39, 0.29) is 18.5 Å². The van der Waals surface area contributed by atoms with Crippen molar-refractivity contribution < 1.29 is 4.79 Å². The zero-order chi connectivity index (χ0) is 12.1. The van der Waals surface area contributed by atoms with Crippen molar-refractivity contribution in [2.75, 3.05) is 6.54 Å². The van der Waals surface area contributed by atoms with Crippen molar-refractivity contribution in [1.82, 2.24) is 4.90 Å². The average molecular weight is 285 g/mol. The number of hydrogen-bond acceptors (Lipinski definition) is 2. The molecule has 1 rings (SSSR count). The normalized spacial score (nSPS) is 10.6. The number of carbonyl (C=O) groups is 1. The van der Waals surface area contributed by atoms with Crippen LogP contribution in [0.1, 0.15) is 19.4 Å². The third-order valence-electron chi connectivity index (χ3n) is 2.36. The SMILES string of the molecule is CC(C)N(Cc1cccc(Br)c1)C(=O)CN. The fourth-order valence-corrected chi connectivity index (χ4v) is 1.95. The predicted octanol–water partition coefficient (Wildman–Crippen LogP) is 2.14. The Labute approximate surface area is 105 Å². The lowest BCUT2D eigenvalue weighted by Gasteiger charge is -2.26. The summed E-state index contributed by atoms with van der Waals surface area (Å²) < 4.78 is 1.02. The van der Waals surface area contributed by atoms with Crippen molar-refractivity contribution in [3.63, 3.8) is 0 Å². The van der Waals surface area contributed by atoms with Gasteiger partial charge in [-0.1, -0.05) is 28.1 Å². The van der Waals surface area contributed by atoms with Gasteiger partial charge in [0, 0.05) is 17.1 Å². The molecule has 0 bridgehead atoms. The highest BCUT2D eigenvalue weighted by molar-refractivity contribution is 9.10. The van der Waals surface area contributed by atoms with Crippen molar-refractivity contribution in [3.05, 3.63) is 34.3 Å². The second-order valence-corrected chi connectivity index (χ2v) is 4.87. The molecule has 0 aromatic heterocycles. The number of halogens is 1. The van der Waals surface area contributed by atoms with Gasteiger partial charge in [0.2, 0.25) is 5.91 Å². The van der Waals surface area contributed by atoms with E-state index in [0.717, 1.165) is 10.0 Å². The highest BCUT2D eigenvalue weighted by atomic mass is 79.9. The van der Waals surface area contributed by atoms with Crippen LogP contribution >= 0.6 is 15.9 Å². The Morgan fingerprint density at radius 1 is 1.50 bits per heavy atom. The van der Waals surface area contributed by atoms with Crippen LogP contribution in [0.15, 0.2) is 28.7 Å². The van der Waals surface area contributed by atoms with Gasteiger partial charge in [-0.05, 0) is 31.5 Å². The maximum absolute atomic E-state index is 11.6. The van der Waals surface area contributed by atoms with E-state index < -0.39 is 0 Å². The van der Waals surface area contributed by atoms with E-state index in [0.29, 0.717) is 6.54 Å². The van der Waals surface area contributed by atoms with E-state index in [9.17, 15) is 4.79 Å². The van der Waals surface area contributed by atoms with E-state index >= 15 is 0 Å². The first-order valence-electron chi connectivity index (χ1n) is 5.28. The molecule has 0 heterocycles. The molecule has 3 nitrogen and oxygen atoms in total. The zero-order valence-electron chi connectivity index (χ0n) is 9.61. The van der Waals surface area contributed by atoms with Crippen molar-refractivity contribution in [2.45, 2.75) is 26.4 Å². The van der Waals surface area contributed by atoms with Gasteiger partial charge in [0.05, 0.1) is 6.54 Å². The third-order valence-corrected chi connectivity index (χ3v) is 2.85. The predicted molar refractivity (Wildman–Crippen MR) is 68.9 cm³/mol. The maximum Gasteiger partial charge on any atom is 0.236 e. The van der Waals surface area contributed by atoms with Crippen LogP contribution in [0.5, 0.6) is 0 Å². The topological polar surface area (TPSA) is 46.3 Å². The maximum atomic E-state index is 11.6.